The summed E-state index contributed by atoms with van der Waals surface area (Å²) in [7, 11) is 0. The van der Waals surface area contributed by atoms with E-state index in [0.29, 0.717) is 12.0 Å². The van der Waals surface area contributed by atoms with Gasteiger partial charge in [-0.2, -0.15) is 0 Å². The molecule has 0 amide bonds. The van der Waals surface area contributed by atoms with Gasteiger partial charge in [0.05, 0.1) is 4.34 Å². The van der Waals surface area contributed by atoms with Crippen LogP contribution < -0.4 is 5.32 Å². The van der Waals surface area contributed by atoms with Gasteiger partial charge in [-0.05, 0) is 37.4 Å². The number of hydrogen-bond donors (Lipinski definition) is 1. The molecule has 0 fully saturated rings. The lowest BCUT2D eigenvalue weighted by atomic mass is 10.00. The van der Waals surface area contributed by atoms with E-state index in [2.05, 4.69) is 32.2 Å². The first kappa shape index (κ1) is 13.0. The zero-order valence-electron chi connectivity index (χ0n) is 9.72. The normalized spacial score (nSPS) is 13.4. The fourth-order valence-corrected chi connectivity index (χ4v) is 2.70. The quantitative estimate of drug-likeness (QED) is 0.800. The maximum atomic E-state index is 5.93. The SMILES string of the molecule is CCCNC(Cc1ccc(Cl)s1)C(C)C. The van der Waals surface area contributed by atoms with E-state index in [0.717, 1.165) is 17.3 Å². The minimum absolute atomic E-state index is 0.569. The van der Waals surface area contributed by atoms with Gasteiger partial charge in [0.15, 0.2) is 0 Å². The summed E-state index contributed by atoms with van der Waals surface area (Å²) < 4.78 is 0.892. The summed E-state index contributed by atoms with van der Waals surface area (Å²) in [5.41, 5.74) is 0. The third kappa shape index (κ3) is 4.54. The molecule has 1 N–H and O–H groups in total. The van der Waals surface area contributed by atoms with Crippen LogP contribution in [0.25, 0.3) is 0 Å². The van der Waals surface area contributed by atoms with E-state index < -0.39 is 0 Å². The summed E-state index contributed by atoms with van der Waals surface area (Å²) in [6, 6.07) is 4.69. The predicted molar refractivity (Wildman–Crippen MR) is 70.0 cm³/mol. The van der Waals surface area contributed by atoms with E-state index in [1.165, 1.54) is 11.3 Å². The highest BCUT2D eigenvalue weighted by molar-refractivity contribution is 7.16. The molecule has 3 heteroatoms. The van der Waals surface area contributed by atoms with Crippen LogP contribution in [-0.4, -0.2) is 12.6 Å². The zero-order valence-corrected chi connectivity index (χ0v) is 11.3. The molecule has 1 unspecified atom stereocenters. The second-order valence-electron chi connectivity index (χ2n) is 4.21. The molecule has 1 atom stereocenters. The average Bonchev–Trinajstić information content (AvgIpc) is 2.58. The maximum Gasteiger partial charge on any atom is 0.0931 e. The highest BCUT2D eigenvalue weighted by Crippen LogP contribution is 2.23. The van der Waals surface area contributed by atoms with Crippen molar-refractivity contribution in [3.05, 3.63) is 21.3 Å². The van der Waals surface area contributed by atoms with Crippen LogP contribution in [0.3, 0.4) is 0 Å². The highest BCUT2D eigenvalue weighted by Gasteiger charge is 2.13. The van der Waals surface area contributed by atoms with Crippen molar-refractivity contribution >= 4 is 22.9 Å². The number of nitrogens with one attached hydrogen (secondary N) is 1. The maximum absolute atomic E-state index is 5.93. The van der Waals surface area contributed by atoms with E-state index in [1.807, 2.05) is 6.07 Å². The first-order chi connectivity index (χ1) is 7.13. The Morgan fingerprint density at radius 2 is 2.13 bits per heavy atom. The van der Waals surface area contributed by atoms with Gasteiger partial charge in [0, 0.05) is 10.9 Å². The van der Waals surface area contributed by atoms with Gasteiger partial charge in [-0.1, -0.05) is 32.4 Å². The predicted octanol–water partition coefficient (Wildman–Crippen LogP) is 3.97. The fraction of sp³-hybridized carbons (Fsp3) is 0.667. The lowest BCUT2D eigenvalue weighted by Crippen LogP contribution is -2.36. The molecular formula is C12H20ClNS. The van der Waals surface area contributed by atoms with Gasteiger partial charge >= 0.3 is 0 Å². The number of rotatable bonds is 6. The van der Waals surface area contributed by atoms with Crippen LogP contribution >= 0.6 is 22.9 Å². The van der Waals surface area contributed by atoms with Crippen LogP contribution in [0.2, 0.25) is 4.34 Å². The fourth-order valence-electron chi connectivity index (χ4n) is 1.55. The molecule has 1 rings (SSSR count). The molecule has 0 aromatic carbocycles. The Hall–Kier alpha value is -0.0500. The molecular weight excluding hydrogens is 226 g/mol. The molecule has 15 heavy (non-hydrogen) atoms. The Morgan fingerprint density at radius 3 is 2.60 bits per heavy atom. The molecule has 0 aliphatic carbocycles. The molecule has 1 nitrogen and oxygen atoms in total. The molecule has 0 spiro atoms. The van der Waals surface area contributed by atoms with Crippen molar-refractivity contribution in [3.63, 3.8) is 0 Å². The van der Waals surface area contributed by atoms with Crippen LogP contribution in [0.4, 0.5) is 0 Å². The van der Waals surface area contributed by atoms with Gasteiger partial charge in [0.2, 0.25) is 0 Å². The van der Waals surface area contributed by atoms with Crippen molar-refractivity contribution in [1.82, 2.24) is 5.32 Å². The van der Waals surface area contributed by atoms with Crippen molar-refractivity contribution in [2.75, 3.05) is 6.54 Å². The molecule has 0 saturated carbocycles. The van der Waals surface area contributed by atoms with Gasteiger partial charge in [-0.3, -0.25) is 0 Å². The van der Waals surface area contributed by atoms with E-state index in [1.54, 1.807) is 11.3 Å². The summed E-state index contributed by atoms with van der Waals surface area (Å²) >= 11 is 7.62. The monoisotopic (exact) mass is 245 g/mol. The highest BCUT2D eigenvalue weighted by atomic mass is 35.5. The minimum atomic E-state index is 0.569. The Morgan fingerprint density at radius 1 is 1.40 bits per heavy atom. The summed E-state index contributed by atoms with van der Waals surface area (Å²) in [4.78, 5) is 1.38. The second kappa shape index (κ2) is 6.51. The molecule has 0 bridgehead atoms. The first-order valence-electron chi connectivity index (χ1n) is 5.61. The molecule has 0 radical (unpaired) electrons. The van der Waals surface area contributed by atoms with E-state index in [-0.39, 0.29) is 0 Å². The number of thiophene rings is 1. The van der Waals surface area contributed by atoms with E-state index >= 15 is 0 Å². The van der Waals surface area contributed by atoms with Crippen molar-refractivity contribution in [2.24, 2.45) is 5.92 Å². The number of hydrogen-bond acceptors (Lipinski definition) is 2. The second-order valence-corrected chi connectivity index (χ2v) is 6.01. The van der Waals surface area contributed by atoms with Crippen LogP contribution in [0.15, 0.2) is 12.1 Å². The summed E-state index contributed by atoms with van der Waals surface area (Å²) in [5, 5.41) is 3.59. The van der Waals surface area contributed by atoms with Gasteiger partial charge in [-0.25, -0.2) is 0 Å². The van der Waals surface area contributed by atoms with Crippen molar-refractivity contribution in [3.8, 4) is 0 Å². The topological polar surface area (TPSA) is 12.0 Å². The molecule has 1 aromatic rings. The largest absolute Gasteiger partial charge is 0.313 e. The first-order valence-corrected chi connectivity index (χ1v) is 6.80. The number of halogens is 1. The van der Waals surface area contributed by atoms with Crippen molar-refractivity contribution in [2.45, 2.75) is 39.7 Å². The lowest BCUT2D eigenvalue weighted by molar-refractivity contribution is 0.399. The van der Waals surface area contributed by atoms with Crippen molar-refractivity contribution < 1.29 is 0 Å². The van der Waals surface area contributed by atoms with Gasteiger partial charge in [0.25, 0.3) is 0 Å². The zero-order chi connectivity index (χ0) is 11.3. The van der Waals surface area contributed by atoms with Crippen LogP contribution in [0, 0.1) is 5.92 Å². The Bertz CT molecular complexity index is 283. The van der Waals surface area contributed by atoms with Gasteiger partial charge < -0.3 is 5.32 Å². The van der Waals surface area contributed by atoms with Gasteiger partial charge in [0.1, 0.15) is 0 Å². The average molecular weight is 246 g/mol. The van der Waals surface area contributed by atoms with Crippen LogP contribution in [-0.2, 0) is 6.42 Å². The van der Waals surface area contributed by atoms with E-state index in [9.17, 15) is 0 Å². The summed E-state index contributed by atoms with van der Waals surface area (Å²) in [6.07, 6.45) is 2.28. The third-order valence-electron chi connectivity index (χ3n) is 2.51. The Kier molecular flexibility index (Phi) is 5.65. The van der Waals surface area contributed by atoms with Crippen LogP contribution in [0.5, 0.6) is 0 Å². The summed E-state index contributed by atoms with van der Waals surface area (Å²) in [5.74, 6) is 0.664. The molecule has 0 saturated heterocycles. The molecule has 86 valence electrons. The molecule has 0 aliphatic heterocycles. The smallest absolute Gasteiger partial charge is 0.0931 e. The van der Waals surface area contributed by atoms with Crippen LogP contribution in [0.1, 0.15) is 32.1 Å². The standard InChI is InChI=1S/C12H20ClNS/c1-4-7-14-11(9(2)3)8-10-5-6-12(13)15-10/h5-6,9,11,14H,4,7-8H2,1-3H3. The Labute approximate surface area is 102 Å². The van der Waals surface area contributed by atoms with Crippen molar-refractivity contribution in [1.29, 1.82) is 0 Å². The lowest BCUT2D eigenvalue weighted by Gasteiger charge is -2.21. The Balaban J connectivity index is 2.50. The third-order valence-corrected chi connectivity index (χ3v) is 3.76. The molecule has 0 aliphatic rings. The summed E-state index contributed by atoms with van der Waals surface area (Å²) in [6.45, 7) is 7.83. The van der Waals surface area contributed by atoms with E-state index in [4.69, 9.17) is 11.6 Å². The molecule has 1 aromatic heterocycles. The molecule has 1 heterocycles. The minimum Gasteiger partial charge on any atom is -0.313 e. The van der Waals surface area contributed by atoms with Gasteiger partial charge in [-0.15, -0.1) is 11.3 Å².